The summed E-state index contributed by atoms with van der Waals surface area (Å²) in [7, 11) is 0. The van der Waals surface area contributed by atoms with E-state index in [9.17, 15) is 19.8 Å². The summed E-state index contributed by atoms with van der Waals surface area (Å²) in [6.07, 6.45) is 90.4. The number of unbranched alkanes of at least 4 members (excludes halogenated alkanes) is 61. The van der Waals surface area contributed by atoms with E-state index in [2.05, 4.69) is 19.2 Å². The SMILES string of the molecule is CCCCCCCCCCCCCCCCCCCCCC/C=C/C(O)C(CO)NC(=O)CCCCCCCCCCCCCCCCCCCCCCCCCCCCCCCCCOC(=O)CCCCCCCCCCCCCC. The van der Waals surface area contributed by atoms with Crippen LogP contribution in [0.4, 0.5) is 0 Å². The van der Waals surface area contributed by atoms with Gasteiger partial charge in [-0.05, 0) is 32.1 Å². The molecule has 0 aromatic rings. The molecule has 0 aromatic carbocycles. The molecular weight excluding hydrogens is 1010 g/mol. The molecule has 0 aliphatic heterocycles. The Balaban J connectivity index is 3.35. The van der Waals surface area contributed by atoms with Gasteiger partial charge in [0, 0.05) is 12.8 Å². The van der Waals surface area contributed by atoms with Gasteiger partial charge in [0.2, 0.25) is 5.91 Å². The van der Waals surface area contributed by atoms with Crippen molar-refractivity contribution in [3.63, 3.8) is 0 Å². The largest absolute Gasteiger partial charge is 0.466 e. The van der Waals surface area contributed by atoms with E-state index in [0.29, 0.717) is 19.4 Å². The highest BCUT2D eigenvalue weighted by Gasteiger charge is 2.18. The van der Waals surface area contributed by atoms with Crippen molar-refractivity contribution < 1.29 is 24.5 Å². The van der Waals surface area contributed by atoms with Gasteiger partial charge in [-0.2, -0.15) is 0 Å². The van der Waals surface area contributed by atoms with Crippen molar-refractivity contribution in [2.24, 2.45) is 0 Å². The van der Waals surface area contributed by atoms with Gasteiger partial charge in [0.15, 0.2) is 0 Å². The summed E-state index contributed by atoms with van der Waals surface area (Å²) in [5.74, 6) is -0.0364. The van der Waals surface area contributed by atoms with Gasteiger partial charge in [0.25, 0.3) is 0 Å². The number of amides is 1. The number of rotatable bonds is 72. The standard InChI is InChI=1S/C76H149NO5/c1-3-5-7-9-11-13-15-17-18-19-20-21-33-36-39-42-45-48-52-56-60-64-68-74(79)73(72-78)77-75(80)69-65-61-57-53-49-46-43-40-37-34-31-29-27-25-23-22-24-26-28-30-32-35-38-41-44-47-51-55-59-63-67-71-82-76(81)70-66-62-58-54-50-16-14-12-10-8-6-4-2/h64,68,73-74,78-79H,3-63,65-67,69-72H2,1-2H3,(H,77,80)/b68-64+. The molecule has 3 N–H and O–H groups in total. The molecular formula is C76H149NO5. The highest BCUT2D eigenvalue weighted by molar-refractivity contribution is 5.76. The second-order valence-corrected chi connectivity index (χ2v) is 26.4. The molecule has 488 valence electrons. The molecule has 2 atom stereocenters. The van der Waals surface area contributed by atoms with Gasteiger partial charge in [0.05, 0.1) is 25.4 Å². The average Bonchev–Trinajstić information content (AvgIpc) is 3.48. The number of esters is 1. The third-order valence-electron chi connectivity index (χ3n) is 18.1. The maximum absolute atomic E-state index is 12.5. The van der Waals surface area contributed by atoms with Crippen molar-refractivity contribution in [1.29, 1.82) is 0 Å². The van der Waals surface area contributed by atoms with E-state index in [-0.39, 0.29) is 18.5 Å². The molecule has 0 fully saturated rings. The second kappa shape index (κ2) is 72.1. The minimum atomic E-state index is -0.842. The third-order valence-corrected chi connectivity index (χ3v) is 18.1. The first-order chi connectivity index (χ1) is 40.5. The second-order valence-electron chi connectivity index (χ2n) is 26.4. The Hall–Kier alpha value is -1.40. The van der Waals surface area contributed by atoms with E-state index in [1.54, 1.807) is 6.08 Å². The zero-order valence-corrected chi connectivity index (χ0v) is 56.0. The van der Waals surface area contributed by atoms with Crippen molar-refractivity contribution in [3.05, 3.63) is 12.2 Å². The van der Waals surface area contributed by atoms with Crippen LogP contribution in [0.25, 0.3) is 0 Å². The summed E-state index contributed by atoms with van der Waals surface area (Å²) in [6.45, 7) is 4.96. The number of carbonyl (C=O) groups is 2. The van der Waals surface area contributed by atoms with E-state index < -0.39 is 12.1 Å². The number of hydrogen-bond acceptors (Lipinski definition) is 5. The Morgan fingerprint density at radius 3 is 0.829 bits per heavy atom. The molecule has 0 saturated heterocycles. The monoisotopic (exact) mass is 1160 g/mol. The van der Waals surface area contributed by atoms with Crippen LogP contribution in [0.1, 0.15) is 438 Å². The van der Waals surface area contributed by atoms with Crippen LogP contribution in [0.15, 0.2) is 12.2 Å². The van der Waals surface area contributed by atoms with Crippen molar-refractivity contribution in [1.82, 2.24) is 5.32 Å². The van der Waals surface area contributed by atoms with Crippen molar-refractivity contribution in [2.45, 2.75) is 450 Å². The summed E-state index contributed by atoms with van der Waals surface area (Å²) in [6, 6.07) is -0.625. The number of nitrogens with one attached hydrogen (secondary N) is 1. The molecule has 2 unspecified atom stereocenters. The Kier molecular flexibility index (Phi) is 70.8. The summed E-state index contributed by atoms with van der Waals surface area (Å²) >= 11 is 0. The van der Waals surface area contributed by atoms with E-state index in [1.807, 2.05) is 6.08 Å². The molecule has 0 aliphatic rings. The summed E-state index contributed by atoms with van der Waals surface area (Å²) in [4.78, 5) is 24.6. The minimum Gasteiger partial charge on any atom is -0.466 e. The van der Waals surface area contributed by atoms with Crippen LogP contribution < -0.4 is 5.32 Å². The van der Waals surface area contributed by atoms with Crippen LogP contribution in [-0.4, -0.2) is 47.4 Å². The molecule has 0 spiro atoms. The third kappa shape index (κ3) is 67.7. The van der Waals surface area contributed by atoms with Crippen LogP contribution in [0.3, 0.4) is 0 Å². The Labute approximate surface area is 514 Å². The van der Waals surface area contributed by atoms with Crippen LogP contribution in [0, 0.1) is 0 Å². The number of allylic oxidation sites excluding steroid dienone is 1. The van der Waals surface area contributed by atoms with Crippen LogP contribution in [0.2, 0.25) is 0 Å². The van der Waals surface area contributed by atoms with Crippen molar-refractivity contribution >= 4 is 11.9 Å². The molecule has 0 bridgehead atoms. The first-order valence-electron chi connectivity index (χ1n) is 38.0. The van der Waals surface area contributed by atoms with E-state index >= 15 is 0 Å². The zero-order valence-electron chi connectivity index (χ0n) is 56.0. The lowest BCUT2D eigenvalue weighted by Crippen LogP contribution is -2.45. The molecule has 0 rings (SSSR count). The lowest BCUT2D eigenvalue weighted by molar-refractivity contribution is -0.143. The quantitative estimate of drug-likeness (QED) is 0.0320. The fraction of sp³-hybridized carbons (Fsp3) is 0.947. The molecule has 0 heterocycles. The van der Waals surface area contributed by atoms with E-state index in [1.165, 1.54) is 372 Å². The van der Waals surface area contributed by atoms with Gasteiger partial charge in [-0.15, -0.1) is 0 Å². The predicted molar refractivity (Wildman–Crippen MR) is 361 cm³/mol. The topological polar surface area (TPSA) is 95.9 Å². The zero-order chi connectivity index (χ0) is 59.2. The van der Waals surface area contributed by atoms with Gasteiger partial charge < -0.3 is 20.3 Å². The smallest absolute Gasteiger partial charge is 0.305 e. The lowest BCUT2D eigenvalue weighted by atomic mass is 10.0. The number of carbonyl (C=O) groups excluding carboxylic acids is 2. The molecule has 0 radical (unpaired) electrons. The van der Waals surface area contributed by atoms with Crippen molar-refractivity contribution in [2.75, 3.05) is 13.2 Å². The minimum absolute atomic E-state index is 0.0221. The number of ether oxygens (including phenoxy) is 1. The van der Waals surface area contributed by atoms with Gasteiger partial charge in [-0.1, -0.05) is 405 Å². The maximum Gasteiger partial charge on any atom is 0.305 e. The van der Waals surface area contributed by atoms with E-state index in [0.717, 1.165) is 38.5 Å². The predicted octanol–water partition coefficient (Wildman–Crippen LogP) is 24.7. The Morgan fingerprint density at radius 1 is 0.329 bits per heavy atom. The fourth-order valence-corrected chi connectivity index (χ4v) is 12.3. The molecule has 0 aromatic heterocycles. The van der Waals surface area contributed by atoms with Crippen LogP contribution >= 0.6 is 0 Å². The fourth-order valence-electron chi connectivity index (χ4n) is 12.3. The maximum atomic E-state index is 12.5. The Bertz CT molecular complexity index is 1240. The highest BCUT2D eigenvalue weighted by Crippen LogP contribution is 2.20. The normalized spacial score (nSPS) is 12.5. The summed E-state index contributed by atoms with van der Waals surface area (Å²) in [5, 5.41) is 23.3. The van der Waals surface area contributed by atoms with E-state index in [4.69, 9.17) is 4.74 Å². The van der Waals surface area contributed by atoms with Crippen LogP contribution in [0.5, 0.6) is 0 Å². The molecule has 6 nitrogen and oxygen atoms in total. The first-order valence-corrected chi connectivity index (χ1v) is 38.0. The lowest BCUT2D eigenvalue weighted by Gasteiger charge is -2.20. The molecule has 0 aliphatic carbocycles. The van der Waals surface area contributed by atoms with Crippen LogP contribution in [-0.2, 0) is 14.3 Å². The average molecular weight is 1160 g/mol. The van der Waals surface area contributed by atoms with Gasteiger partial charge >= 0.3 is 5.97 Å². The number of hydrogen-bond donors (Lipinski definition) is 3. The van der Waals surface area contributed by atoms with Gasteiger partial charge in [-0.25, -0.2) is 0 Å². The molecule has 6 heteroatoms. The van der Waals surface area contributed by atoms with Crippen molar-refractivity contribution in [3.8, 4) is 0 Å². The number of aliphatic hydroxyl groups excluding tert-OH is 2. The summed E-state index contributed by atoms with van der Waals surface area (Å²) < 4.78 is 5.49. The number of aliphatic hydroxyl groups is 2. The van der Waals surface area contributed by atoms with Gasteiger partial charge in [-0.3, -0.25) is 9.59 Å². The molecule has 82 heavy (non-hydrogen) atoms. The first kappa shape index (κ1) is 80.6. The molecule has 0 saturated carbocycles. The highest BCUT2D eigenvalue weighted by atomic mass is 16.5. The Morgan fingerprint density at radius 2 is 0.561 bits per heavy atom. The summed E-state index contributed by atoms with van der Waals surface area (Å²) in [5.41, 5.74) is 0. The van der Waals surface area contributed by atoms with Gasteiger partial charge in [0.1, 0.15) is 0 Å². The molecule has 1 amide bonds.